The first-order chi connectivity index (χ1) is 13.3. The average Bonchev–Trinajstić information content (AvgIpc) is 2.66. The molecule has 6 nitrogen and oxygen atoms in total. The van der Waals surface area contributed by atoms with Crippen LogP contribution in [0.1, 0.15) is 34.5 Å². The number of ketones is 1. The van der Waals surface area contributed by atoms with E-state index >= 15 is 0 Å². The first-order valence-corrected chi connectivity index (χ1v) is 11.5. The maximum Gasteiger partial charge on any atom is 0.229 e. The summed E-state index contributed by atoms with van der Waals surface area (Å²) in [6.07, 6.45) is 5.67. The molecule has 0 aliphatic carbocycles. The fourth-order valence-corrected chi connectivity index (χ4v) is 4.18. The summed E-state index contributed by atoms with van der Waals surface area (Å²) >= 11 is 0. The third-order valence-electron chi connectivity index (χ3n) is 5.11. The molecule has 0 bridgehead atoms. The van der Waals surface area contributed by atoms with Crippen molar-refractivity contribution in [1.82, 2.24) is 9.88 Å². The monoisotopic (exact) mass is 401 g/mol. The zero-order valence-electron chi connectivity index (χ0n) is 16.4. The van der Waals surface area contributed by atoms with Crippen LogP contribution in [0.5, 0.6) is 0 Å². The van der Waals surface area contributed by atoms with E-state index < -0.39 is 10.0 Å². The minimum absolute atomic E-state index is 0.0353. The standard InChI is InChI=1S/C21H27N3O3S/c1-16-15-17(7-11-22-16)8-12-24-13-9-19(10-14-24)21(25)18-3-5-20(6-4-18)23-28(2,26)27/h3-7,11,15,19,23H,8-10,12-14H2,1-2H3. The maximum absolute atomic E-state index is 12.8. The van der Waals surface area contributed by atoms with Gasteiger partial charge in [0.2, 0.25) is 10.0 Å². The fraction of sp³-hybridized carbons (Fsp3) is 0.429. The molecule has 1 N–H and O–H groups in total. The Morgan fingerprint density at radius 1 is 1.18 bits per heavy atom. The van der Waals surface area contributed by atoms with Gasteiger partial charge in [0.15, 0.2) is 5.78 Å². The van der Waals surface area contributed by atoms with Crippen molar-refractivity contribution in [2.45, 2.75) is 26.2 Å². The molecule has 1 aliphatic rings. The van der Waals surface area contributed by atoms with Gasteiger partial charge in [-0.25, -0.2) is 8.42 Å². The number of carbonyl (C=O) groups is 1. The van der Waals surface area contributed by atoms with Gasteiger partial charge in [-0.05, 0) is 81.2 Å². The quantitative estimate of drug-likeness (QED) is 0.722. The van der Waals surface area contributed by atoms with Gasteiger partial charge in [0, 0.05) is 35.6 Å². The van der Waals surface area contributed by atoms with E-state index in [1.165, 1.54) is 5.56 Å². The van der Waals surface area contributed by atoms with Crippen molar-refractivity contribution in [2.75, 3.05) is 30.6 Å². The van der Waals surface area contributed by atoms with E-state index in [1.807, 2.05) is 13.1 Å². The lowest BCUT2D eigenvalue weighted by Crippen LogP contribution is -2.37. The fourth-order valence-electron chi connectivity index (χ4n) is 3.62. The molecule has 7 heteroatoms. The minimum Gasteiger partial charge on any atom is -0.303 e. The van der Waals surface area contributed by atoms with Crippen molar-refractivity contribution in [2.24, 2.45) is 5.92 Å². The van der Waals surface area contributed by atoms with Crippen LogP contribution in [0.25, 0.3) is 0 Å². The van der Waals surface area contributed by atoms with Crippen LogP contribution < -0.4 is 4.72 Å². The van der Waals surface area contributed by atoms with Gasteiger partial charge < -0.3 is 4.90 Å². The summed E-state index contributed by atoms with van der Waals surface area (Å²) in [5.74, 6) is 0.184. The zero-order valence-corrected chi connectivity index (χ0v) is 17.2. The molecule has 1 fully saturated rings. The van der Waals surface area contributed by atoms with Gasteiger partial charge in [-0.1, -0.05) is 0 Å². The smallest absolute Gasteiger partial charge is 0.229 e. The Morgan fingerprint density at radius 2 is 1.86 bits per heavy atom. The highest BCUT2D eigenvalue weighted by Gasteiger charge is 2.25. The number of Topliss-reactive ketones (excluding diaryl/α,β-unsaturated/α-hetero) is 1. The molecule has 0 atom stereocenters. The second kappa shape index (κ2) is 8.84. The van der Waals surface area contributed by atoms with E-state index in [1.54, 1.807) is 24.3 Å². The largest absolute Gasteiger partial charge is 0.303 e. The number of rotatable bonds is 7. The summed E-state index contributed by atoms with van der Waals surface area (Å²) < 4.78 is 25.0. The first-order valence-electron chi connectivity index (χ1n) is 9.56. The van der Waals surface area contributed by atoms with E-state index in [0.29, 0.717) is 11.3 Å². The lowest BCUT2D eigenvalue weighted by Gasteiger charge is -2.31. The molecule has 0 amide bonds. The van der Waals surface area contributed by atoms with E-state index in [0.717, 1.165) is 50.8 Å². The summed E-state index contributed by atoms with van der Waals surface area (Å²) in [6, 6.07) is 10.9. The molecule has 1 aromatic carbocycles. The second-order valence-corrected chi connectivity index (χ2v) is 9.24. The van der Waals surface area contributed by atoms with Crippen molar-refractivity contribution in [3.05, 3.63) is 59.4 Å². The number of nitrogens with zero attached hydrogens (tertiary/aromatic N) is 2. The molecule has 0 saturated carbocycles. The topological polar surface area (TPSA) is 79.4 Å². The van der Waals surface area contributed by atoms with Crippen molar-refractivity contribution < 1.29 is 13.2 Å². The molecule has 2 aromatic rings. The Morgan fingerprint density at radius 3 is 2.46 bits per heavy atom. The third-order valence-corrected chi connectivity index (χ3v) is 5.72. The van der Waals surface area contributed by atoms with Crippen molar-refractivity contribution in [1.29, 1.82) is 0 Å². The van der Waals surface area contributed by atoms with Crippen molar-refractivity contribution >= 4 is 21.5 Å². The number of aryl methyl sites for hydroxylation is 1. The molecule has 1 aliphatic heterocycles. The van der Waals surface area contributed by atoms with Crippen LogP contribution in [-0.2, 0) is 16.4 Å². The molecule has 150 valence electrons. The number of hydrogen-bond donors (Lipinski definition) is 1. The summed E-state index contributed by atoms with van der Waals surface area (Å²) in [4.78, 5) is 19.4. The Hall–Kier alpha value is -2.25. The van der Waals surface area contributed by atoms with Gasteiger partial charge in [-0.3, -0.25) is 14.5 Å². The SMILES string of the molecule is Cc1cc(CCN2CCC(C(=O)c3ccc(NS(C)(=O)=O)cc3)CC2)ccn1. The Balaban J connectivity index is 1.49. The van der Waals surface area contributed by atoms with Gasteiger partial charge in [0.25, 0.3) is 0 Å². The second-order valence-electron chi connectivity index (χ2n) is 7.49. The number of hydrogen-bond acceptors (Lipinski definition) is 5. The maximum atomic E-state index is 12.8. The Labute approximate surface area is 167 Å². The molecular formula is C21H27N3O3S. The Kier molecular flexibility index (Phi) is 6.46. The lowest BCUT2D eigenvalue weighted by atomic mass is 9.88. The van der Waals surface area contributed by atoms with Crippen LogP contribution >= 0.6 is 0 Å². The van der Waals surface area contributed by atoms with E-state index in [9.17, 15) is 13.2 Å². The van der Waals surface area contributed by atoms with Gasteiger partial charge in [0.1, 0.15) is 0 Å². The van der Waals surface area contributed by atoms with Crippen LogP contribution in [-0.4, -0.2) is 50.0 Å². The number of pyridine rings is 1. The number of sulfonamides is 1. The summed E-state index contributed by atoms with van der Waals surface area (Å²) in [7, 11) is -3.31. The highest BCUT2D eigenvalue weighted by Crippen LogP contribution is 2.23. The van der Waals surface area contributed by atoms with Crippen LogP contribution in [0.3, 0.4) is 0 Å². The van der Waals surface area contributed by atoms with E-state index in [-0.39, 0.29) is 11.7 Å². The summed E-state index contributed by atoms with van der Waals surface area (Å²) in [5.41, 5.74) is 3.46. The molecule has 1 saturated heterocycles. The number of aromatic nitrogens is 1. The molecule has 1 aromatic heterocycles. The third kappa shape index (κ3) is 5.87. The number of nitrogens with one attached hydrogen (secondary N) is 1. The predicted octanol–water partition coefficient (Wildman–Crippen LogP) is 2.90. The molecule has 28 heavy (non-hydrogen) atoms. The highest BCUT2D eigenvalue weighted by molar-refractivity contribution is 7.92. The number of carbonyl (C=O) groups excluding carboxylic acids is 1. The number of anilines is 1. The predicted molar refractivity (Wildman–Crippen MR) is 111 cm³/mol. The number of piperidine rings is 1. The average molecular weight is 402 g/mol. The first kappa shape index (κ1) is 20.5. The summed E-state index contributed by atoms with van der Waals surface area (Å²) in [6.45, 7) is 4.85. The molecule has 3 rings (SSSR count). The molecule has 2 heterocycles. The normalized spacial score (nSPS) is 16.1. The molecular weight excluding hydrogens is 374 g/mol. The van der Waals surface area contributed by atoms with Crippen LogP contribution in [0, 0.1) is 12.8 Å². The lowest BCUT2D eigenvalue weighted by molar-refractivity contribution is 0.0841. The van der Waals surface area contributed by atoms with Gasteiger partial charge >= 0.3 is 0 Å². The van der Waals surface area contributed by atoms with Gasteiger partial charge in [-0.15, -0.1) is 0 Å². The zero-order chi connectivity index (χ0) is 20.1. The number of benzene rings is 1. The number of likely N-dealkylation sites (tertiary alicyclic amines) is 1. The van der Waals surface area contributed by atoms with E-state index in [4.69, 9.17) is 0 Å². The van der Waals surface area contributed by atoms with E-state index in [2.05, 4.69) is 26.7 Å². The van der Waals surface area contributed by atoms with Crippen LogP contribution in [0.4, 0.5) is 5.69 Å². The molecule has 0 spiro atoms. The molecule has 0 radical (unpaired) electrons. The minimum atomic E-state index is -3.31. The Bertz CT molecular complexity index is 918. The van der Waals surface area contributed by atoms with Gasteiger partial charge in [-0.2, -0.15) is 0 Å². The summed E-state index contributed by atoms with van der Waals surface area (Å²) in [5, 5.41) is 0. The van der Waals surface area contributed by atoms with Crippen LogP contribution in [0.2, 0.25) is 0 Å². The van der Waals surface area contributed by atoms with Crippen LogP contribution in [0.15, 0.2) is 42.6 Å². The van der Waals surface area contributed by atoms with Crippen molar-refractivity contribution in [3.8, 4) is 0 Å². The highest BCUT2D eigenvalue weighted by atomic mass is 32.2. The van der Waals surface area contributed by atoms with Crippen molar-refractivity contribution in [3.63, 3.8) is 0 Å². The van der Waals surface area contributed by atoms with Gasteiger partial charge in [0.05, 0.1) is 6.26 Å². The molecule has 0 unspecified atom stereocenters.